The summed E-state index contributed by atoms with van der Waals surface area (Å²) in [6.45, 7) is 5.94. The van der Waals surface area contributed by atoms with E-state index in [9.17, 15) is 24.0 Å². The van der Waals surface area contributed by atoms with Gasteiger partial charge in [-0.1, -0.05) is 271 Å². The molecule has 0 heterocycles. The summed E-state index contributed by atoms with van der Waals surface area (Å²) in [6.07, 6.45) is 56.8. The van der Waals surface area contributed by atoms with Crippen LogP contribution in [0.5, 0.6) is 0 Å². The molecule has 0 bridgehead atoms. The Hall–Kier alpha value is -3.38. The van der Waals surface area contributed by atoms with E-state index in [4.69, 9.17) is 17.2 Å². The number of rotatable bonds is 59. The lowest BCUT2D eigenvalue weighted by molar-refractivity contribution is -0.134. The Morgan fingerprint density at radius 1 is 0.373 bits per heavy atom. The molecule has 75 heavy (non-hydrogen) atoms. The molecule has 1 atom stereocenters. The number of aliphatic imine (C=N–C) groups is 1. The highest BCUT2D eigenvalue weighted by Crippen LogP contribution is 2.18. The first-order chi connectivity index (χ1) is 36.6. The molecule has 0 rings (SSSR count). The van der Waals surface area contributed by atoms with Crippen LogP contribution in [0, 0.1) is 0 Å². The molecule has 13 heteroatoms. The third kappa shape index (κ3) is 53.8. The average molecular weight is 1060 g/mol. The summed E-state index contributed by atoms with van der Waals surface area (Å²) in [4.78, 5) is 69.2. The predicted octanol–water partition coefficient (Wildman–Crippen LogP) is 14.1. The summed E-state index contributed by atoms with van der Waals surface area (Å²) in [5.41, 5.74) is 16.3. The van der Waals surface area contributed by atoms with Gasteiger partial charge in [-0.2, -0.15) is 0 Å². The van der Waals surface area contributed by atoms with Gasteiger partial charge in [-0.25, -0.2) is 0 Å². The minimum atomic E-state index is -0.907. The molecule has 0 aliphatic rings. The SMILES string of the molecule is CCCCCCCCCCCCCCCCCCCCCCCC(=O)NCCN(CCNC(=O)CCCCCCCCCCCCCCCCCCCCCCC)C(=O)CCC(=O)N[C@@H](CCCN=C(N)N)C(N)=O. The Morgan fingerprint density at radius 3 is 0.947 bits per heavy atom. The van der Waals surface area contributed by atoms with Crippen molar-refractivity contribution in [3.63, 3.8) is 0 Å². The van der Waals surface area contributed by atoms with E-state index >= 15 is 0 Å². The molecule has 9 N–H and O–H groups in total. The molecule has 0 aliphatic carbocycles. The third-order valence-electron chi connectivity index (χ3n) is 15.0. The number of carbonyl (C=O) groups is 5. The molecule has 0 aromatic heterocycles. The highest BCUT2D eigenvalue weighted by Gasteiger charge is 2.20. The second-order valence-corrected chi connectivity index (χ2v) is 22.2. The number of primary amides is 1. The highest BCUT2D eigenvalue weighted by atomic mass is 16.2. The van der Waals surface area contributed by atoms with Crippen molar-refractivity contribution < 1.29 is 24.0 Å². The zero-order valence-electron chi connectivity index (χ0n) is 49.2. The van der Waals surface area contributed by atoms with Crippen molar-refractivity contribution in [2.45, 2.75) is 328 Å². The van der Waals surface area contributed by atoms with Crippen LogP contribution in [0.4, 0.5) is 0 Å². The molecular formula is C62H122N8O5. The maximum Gasteiger partial charge on any atom is 0.240 e. The molecule has 0 fully saturated rings. The molecule has 0 aliphatic heterocycles. The van der Waals surface area contributed by atoms with Crippen LogP contribution >= 0.6 is 0 Å². The van der Waals surface area contributed by atoms with Crippen molar-refractivity contribution in [3.05, 3.63) is 0 Å². The van der Waals surface area contributed by atoms with Crippen LogP contribution in [0.15, 0.2) is 4.99 Å². The standard InChI is InChI=1S/C62H122N8O5/c1-3-5-7-9-11-13-15-17-19-21-23-25-27-29-31-33-35-37-39-41-43-47-57(71)66-52-54-70(60(74)50-49-59(73)69-56(61(63)75)46-45-51-68-62(64)65)55-53-67-58(72)48-44-42-40-38-36-34-32-30-28-26-24-22-20-18-16-14-12-10-8-6-4-2/h56H,3-55H2,1-2H3,(H2,63,75)(H,66,71)(H,67,72)(H,69,73)(H4,64,65,68)/t56-/m0/s1. The number of carbonyl (C=O) groups excluding carboxylic acids is 5. The van der Waals surface area contributed by atoms with Gasteiger partial charge in [0.05, 0.1) is 0 Å². The number of nitrogens with two attached hydrogens (primary N) is 3. The Labute approximate surface area is 461 Å². The van der Waals surface area contributed by atoms with E-state index in [-0.39, 0.29) is 69.1 Å². The number of amides is 5. The van der Waals surface area contributed by atoms with Crippen LogP contribution in [0.25, 0.3) is 0 Å². The number of guanidine groups is 1. The van der Waals surface area contributed by atoms with Gasteiger partial charge in [0.1, 0.15) is 6.04 Å². The fourth-order valence-corrected chi connectivity index (χ4v) is 10.1. The molecular weight excluding hydrogens is 937 g/mol. The van der Waals surface area contributed by atoms with Crippen LogP contribution in [0.1, 0.15) is 322 Å². The van der Waals surface area contributed by atoms with E-state index in [1.54, 1.807) is 4.90 Å². The first-order valence-electron chi connectivity index (χ1n) is 32.1. The molecule has 440 valence electrons. The van der Waals surface area contributed by atoms with Crippen LogP contribution in [0.2, 0.25) is 0 Å². The van der Waals surface area contributed by atoms with Gasteiger partial charge in [-0.05, 0) is 25.7 Å². The lowest BCUT2D eigenvalue weighted by Crippen LogP contribution is -2.45. The van der Waals surface area contributed by atoms with Gasteiger partial charge in [-0.3, -0.25) is 29.0 Å². The van der Waals surface area contributed by atoms with Crippen molar-refractivity contribution in [1.29, 1.82) is 0 Å². The zero-order chi connectivity index (χ0) is 54.9. The second kappa shape index (κ2) is 56.8. The summed E-state index contributed by atoms with van der Waals surface area (Å²) in [7, 11) is 0. The van der Waals surface area contributed by atoms with E-state index in [1.165, 1.54) is 231 Å². The molecule has 5 amide bonds. The summed E-state index contributed by atoms with van der Waals surface area (Å²) < 4.78 is 0. The van der Waals surface area contributed by atoms with Gasteiger partial charge in [0.15, 0.2) is 5.96 Å². The lowest BCUT2D eigenvalue weighted by atomic mass is 10.0. The van der Waals surface area contributed by atoms with Crippen LogP contribution in [0.3, 0.4) is 0 Å². The molecule has 13 nitrogen and oxygen atoms in total. The molecule has 0 saturated carbocycles. The lowest BCUT2D eigenvalue weighted by Gasteiger charge is -2.23. The fraction of sp³-hybridized carbons (Fsp3) is 0.903. The molecule has 0 unspecified atom stereocenters. The molecule has 0 aromatic rings. The van der Waals surface area contributed by atoms with E-state index in [0.717, 1.165) is 38.5 Å². The number of hydrogen-bond donors (Lipinski definition) is 6. The molecule has 0 spiro atoms. The van der Waals surface area contributed by atoms with Crippen LogP contribution in [-0.2, 0) is 24.0 Å². The number of nitrogens with zero attached hydrogens (tertiary/aromatic N) is 2. The first kappa shape index (κ1) is 71.6. The Bertz CT molecular complexity index is 1300. The van der Waals surface area contributed by atoms with E-state index in [0.29, 0.717) is 25.8 Å². The number of unbranched alkanes of at least 4 members (excludes halogenated alkanes) is 40. The minimum Gasteiger partial charge on any atom is -0.370 e. The normalized spacial score (nSPS) is 11.6. The van der Waals surface area contributed by atoms with Crippen molar-refractivity contribution in [2.75, 3.05) is 32.7 Å². The maximum atomic E-state index is 13.4. The van der Waals surface area contributed by atoms with Crippen molar-refractivity contribution >= 4 is 35.5 Å². The average Bonchev–Trinajstić information content (AvgIpc) is 3.39. The van der Waals surface area contributed by atoms with Crippen LogP contribution in [-0.4, -0.2) is 79.2 Å². The van der Waals surface area contributed by atoms with Gasteiger partial charge in [0.25, 0.3) is 0 Å². The fourth-order valence-electron chi connectivity index (χ4n) is 10.1. The predicted molar refractivity (Wildman–Crippen MR) is 317 cm³/mol. The van der Waals surface area contributed by atoms with Crippen molar-refractivity contribution in [2.24, 2.45) is 22.2 Å². The molecule has 0 aromatic carbocycles. The topological polar surface area (TPSA) is 215 Å². The highest BCUT2D eigenvalue weighted by molar-refractivity contribution is 5.88. The summed E-state index contributed by atoms with van der Waals surface area (Å²) in [6, 6.07) is -0.907. The minimum absolute atomic E-state index is 0.0322. The molecule has 0 radical (unpaired) electrons. The zero-order valence-corrected chi connectivity index (χ0v) is 49.2. The molecule has 0 saturated heterocycles. The Balaban J connectivity index is 4.39. The summed E-state index contributed by atoms with van der Waals surface area (Å²) in [5, 5.41) is 8.56. The summed E-state index contributed by atoms with van der Waals surface area (Å²) >= 11 is 0. The van der Waals surface area contributed by atoms with Crippen molar-refractivity contribution in [1.82, 2.24) is 20.9 Å². The monoisotopic (exact) mass is 1060 g/mol. The van der Waals surface area contributed by atoms with Gasteiger partial charge >= 0.3 is 0 Å². The van der Waals surface area contributed by atoms with Crippen LogP contribution < -0.4 is 33.2 Å². The summed E-state index contributed by atoms with van der Waals surface area (Å²) in [5.74, 6) is -1.54. The van der Waals surface area contributed by atoms with Gasteiger partial charge < -0.3 is 38.1 Å². The van der Waals surface area contributed by atoms with Crippen molar-refractivity contribution in [3.8, 4) is 0 Å². The first-order valence-corrected chi connectivity index (χ1v) is 32.1. The third-order valence-corrected chi connectivity index (χ3v) is 15.0. The van der Waals surface area contributed by atoms with E-state index in [1.807, 2.05) is 0 Å². The second-order valence-electron chi connectivity index (χ2n) is 22.2. The smallest absolute Gasteiger partial charge is 0.240 e. The largest absolute Gasteiger partial charge is 0.370 e. The van der Waals surface area contributed by atoms with Gasteiger partial charge in [-0.15, -0.1) is 0 Å². The quantitative estimate of drug-likeness (QED) is 0.0197. The number of hydrogen-bond acceptors (Lipinski definition) is 6. The maximum absolute atomic E-state index is 13.4. The van der Waals surface area contributed by atoms with E-state index in [2.05, 4.69) is 34.8 Å². The van der Waals surface area contributed by atoms with Gasteiger partial charge in [0.2, 0.25) is 29.5 Å². The Morgan fingerprint density at radius 2 is 0.667 bits per heavy atom. The van der Waals surface area contributed by atoms with Gasteiger partial charge in [0, 0.05) is 58.4 Å². The number of nitrogens with one attached hydrogen (secondary N) is 3. The van der Waals surface area contributed by atoms with E-state index < -0.39 is 17.9 Å². The Kier molecular flexibility index (Phi) is 54.3.